The van der Waals surface area contributed by atoms with E-state index < -0.39 is 6.10 Å². The maximum Gasteiger partial charge on any atom is 0.161 e. The number of hydrogen-bond donors (Lipinski definition) is 1. The van der Waals surface area contributed by atoms with Crippen molar-refractivity contribution in [2.75, 3.05) is 0 Å². The second kappa shape index (κ2) is 7.56. The standard InChI is InChI=1S/C21H24O2/c22-20-5-1-3-16-7-11-18(12-8-16)15-19-13-9-17(10-14-19)4-2-6-21(20)23/h7-14,20,22H,1-6,15H2/t20-/m0/s1. The van der Waals surface area contributed by atoms with Crippen LogP contribution in [0, 0.1) is 0 Å². The van der Waals surface area contributed by atoms with Crippen molar-refractivity contribution < 1.29 is 9.90 Å². The Balaban J connectivity index is 1.79. The summed E-state index contributed by atoms with van der Waals surface area (Å²) in [7, 11) is 0. The molecular formula is C21H24O2. The average Bonchev–Trinajstić information content (AvgIpc) is 2.57. The fourth-order valence-electron chi connectivity index (χ4n) is 3.18. The Labute approximate surface area is 138 Å². The molecule has 5 rings (SSSR count). The van der Waals surface area contributed by atoms with Gasteiger partial charge in [-0.05, 0) is 60.8 Å². The molecule has 2 aromatic carbocycles. The summed E-state index contributed by atoms with van der Waals surface area (Å²) in [5.74, 6) is -0.0127. The molecule has 0 saturated carbocycles. The van der Waals surface area contributed by atoms with Crippen LogP contribution in [0.3, 0.4) is 0 Å². The van der Waals surface area contributed by atoms with Gasteiger partial charge in [0.2, 0.25) is 0 Å². The average molecular weight is 308 g/mol. The predicted molar refractivity (Wildman–Crippen MR) is 92.6 cm³/mol. The van der Waals surface area contributed by atoms with Gasteiger partial charge in [-0.25, -0.2) is 0 Å². The minimum Gasteiger partial charge on any atom is -0.385 e. The van der Waals surface area contributed by atoms with E-state index in [1.165, 1.54) is 22.3 Å². The molecule has 0 heterocycles. The number of carbonyl (C=O) groups is 1. The van der Waals surface area contributed by atoms with Crippen LogP contribution >= 0.6 is 0 Å². The summed E-state index contributed by atoms with van der Waals surface area (Å²) in [6.07, 6.45) is 4.67. The fraction of sp³-hybridized carbons (Fsp3) is 0.381. The molecule has 0 radical (unpaired) electrons. The lowest BCUT2D eigenvalue weighted by Crippen LogP contribution is -2.20. The van der Waals surface area contributed by atoms with Gasteiger partial charge in [0.25, 0.3) is 0 Å². The van der Waals surface area contributed by atoms with Crippen LogP contribution in [0.2, 0.25) is 0 Å². The van der Waals surface area contributed by atoms with Crippen molar-refractivity contribution in [1.82, 2.24) is 0 Å². The number of ketones is 1. The zero-order valence-electron chi connectivity index (χ0n) is 13.5. The van der Waals surface area contributed by atoms with E-state index in [0.29, 0.717) is 12.8 Å². The number of fused-ring (bicyclic) bond motifs is 2. The van der Waals surface area contributed by atoms with Gasteiger partial charge in [-0.1, -0.05) is 48.5 Å². The molecule has 1 atom stereocenters. The minimum absolute atomic E-state index is 0.0127. The van der Waals surface area contributed by atoms with Crippen molar-refractivity contribution in [2.24, 2.45) is 0 Å². The normalized spacial score (nSPS) is 19.7. The molecule has 2 heteroatoms. The third-order valence-corrected chi connectivity index (χ3v) is 4.66. The quantitative estimate of drug-likeness (QED) is 0.802. The molecule has 2 aromatic rings. The first kappa shape index (κ1) is 15.9. The number of aryl methyl sites for hydroxylation is 2. The van der Waals surface area contributed by atoms with Crippen LogP contribution in [0.4, 0.5) is 0 Å². The summed E-state index contributed by atoms with van der Waals surface area (Å²) in [4.78, 5) is 12.0. The fourth-order valence-corrected chi connectivity index (χ4v) is 3.18. The molecule has 0 aliphatic heterocycles. The third kappa shape index (κ3) is 4.52. The Hall–Kier alpha value is -1.93. The molecular weight excluding hydrogens is 284 g/mol. The SMILES string of the molecule is O=C1CCCc2ccc(cc2)Cc2ccc(cc2)CCC[C@@H]1O. The van der Waals surface area contributed by atoms with Crippen molar-refractivity contribution in [1.29, 1.82) is 0 Å². The first-order valence-corrected chi connectivity index (χ1v) is 8.57. The Morgan fingerprint density at radius 2 is 1.17 bits per heavy atom. The number of benzene rings is 2. The molecule has 4 bridgehead atoms. The van der Waals surface area contributed by atoms with Crippen LogP contribution in [0.1, 0.15) is 47.9 Å². The number of aliphatic hydroxyl groups is 1. The first-order chi connectivity index (χ1) is 11.2. The highest BCUT2D eigenvalue weighted by Gasteiger charge is 2.14. The lowest BCUT2D eigenvalue weighted by atomic mass is 10.00. The number of carbonyl (C=O) groups excluding carboxylic acids is 1. The van der Waals surface area contributed by atoms with Gasteiger partial charge in [0.15, 0.2) is 5.78 Å². The topological polar surface area (TPSA) is 37.3 Å². The molecule has 0 fully saturated rings. The first-order valence-electron chi connectivity index (χ1n) is 8.57. The second-order valence-corrected chi connectivity index (χ2v) is 6.54. The Morgan fingerprint density at radius 1 is 0.696 bits per heavy atom. The van der Waals surface area contributed by atoms with E-state index in [9.17, 15) is 9.90 Å². The summed E-state index contributed by atoms with van der Waals surface area (Å²) in [5, 5.41) is 10.00. The molecule has 3 aliphatic rings. The van der Waals surface area contributed by atoms with Gasteiger partial charge in [0, 0.05) is 6.42 Å². The van der Waals surface area contributed by atoms with Crippen molar-refractivity contribution in [2.45, 2.75) is 51.0 Å². The highest BCUT2D eigenvalue weighted by atomic mass is 16.3. The van der Waals surface area contributed by atoms with Gasteiger partial charge in [-0.3, -0.25) is 4.79 Å². The monoisotopic (exact) mass is 308 g/mol. The Kier molecular flexibility index (Phi) is 5.24. The smallest absolute Gasteiger partial charge is 0.161 e. The van der Waals surface area contributed by atoms with Crippen LogP contribution in [-0.2, 0) is 24.1 Å². The molecule has 0 amide bonds. The number of rotatable bonds is 0. The zero-order chi connectivity index (χ0) is 16.1. The van der Waals surface area contributed by atoms with Gasteiger partial charge < -0.3 is 5.11 Å². The maximum absolute atomic E-state index is 12.0. The van der Waals surface area contributed by atoms with E-state index in [0.717, 1.165) is 32.1 Å². The Bertz CT molecular complexity index is 641. The van der Waals surface area contributed by atoms with Gasteiger partial charge in [0.05, 0.1) is 0 Å². The maximum atomic E-state index is 12.0. The molecule has 0 aromatic heterocycles. The highest BCUT2D eigenvalue weighted by Crippen LogP contribution is 2.16. The molecule has 0 unspecified atom stereocenters. The molecule has 0 spiro atoms. The predicted octanol–water partition coefficient (Wildman–Crippen LogP) is 3.87. The van der Waals surface area contributed by atoms with E-state index in [1.54, 1.807) is 0 Å². The van der Waals surface area contributed by atoms with Crippen LogP contribution in [0.25, 0.3) is 0 Å². The third-order valence-electron chi connectivity index (χ3n) is 4.66. The van der Waals surface area contributed by atoms with Gasteiger partial charge in [-0.2, -0.15) is 0 Å². The van der Waals surface area contributed by atoms with E-state index >= 15 is 0 Å². The van der Waals surface area contributed by atoms with E-state index in [1.807, 2.05) is 0 Å². The van der Waals surface area contributed by atoms with E-state index in [2.05, 4.69) is 48.5 Å². The van der Waals surface area contributed by atoms with Crippen LogP contribution in [0.5, 0.6) is 0 Å². The van der Waals surface area contributed by atoms with Crippen LogP contribution < -0.4 is 0 Å². The van der Waals surface area contributed by atoms with E-state index in [-0.39, 0.29) is 5.78 Å². The zero-order valence-corrected chi connectivity index (χ0v) is 13.5. The van der Waals surface area contributed by atoms with Crippen molar-refractivity contribution in [3.8, 4) is 0 Å². The van der Waals surface area contributed by atoms with Gasteiger partial charge in [-0.15, -0.1) is 0 Å². The van der Waals surface area contributed by atoms with Crippen molar-refractivity contribution in [3.63, 3.8) is 0 Å². The summed E-state index contributed by atoms with van der Waals surface area (Å²) in [6.45, 7) is 0. The van der Waals surface area contributed by atoms with Crippen LogP contribution in [-0.4, -0.2) is 17.0 Å². The summed E-state index contributed by atoms with van der Waals surface area (Å²) in [6, 6.07) is 17.4. The molecule has 23 heavy (non-hydrogen) atoms. The number of hydrogen-bond acceptors (Lipinski definition) is 2. The number of aliphatic hydroxyl groups excluding tert-OH is 1. The largest absolute Gasteiger partial charge is 0.385 e. The van der Waals surface area contributed by atoms with Crippen molar-refractivity contribution in [3.05, 3.63) is 70.8 Å². The molecule has 0 saturated heterocycles. The van der Waals surface area contributed by atoms with E-state index in [4.69, 9.17) is 0 Å². The summed E-state index contributed by atoms with van der Waals surface area (Å²) < 4.78 is 0. The lowest BCUT2D eigenvalue weighted by Gasteiger charge is -2.09. The second-order valence-electron chi connectivity index (χ2n) is 6.54. The lowest BCUT2D eigenvalue weighted by molar-refractivity contribution is -0.127. The molecule has 120 valence electrons. The Morgan fingerprint density at radius 3 is 1.74 bits per heavy atom. The molecule has 2 nitrogen and oxygen atoms in total. The minimum atomic E-state index is -0.799. The molecule has 3 aliphatic carbocycles. The summed E-state index contributed by atoms with van der Waals surface area (Å²) in [5.41, 5.74) is 5.17. The molecule has 1 N–H and O–H groups in total. The van der Waals surface area contributed by atoms with Crippen LogP contribution in [0.15, 0.2) is 48.5 Å². The highest BCUT2D eigenvalue weighted by molar-refractivity contribution is 5.82. The van der Waals surface area contributed by atoms with Gasteiger partial charge >= 0.3 is 0 Å². The van der Waals surface area contributed by atoms with Gasteiger partial charge in [0.1, 0.15) is 6.10 Å². The summed E-state index contributed by atoms with van der Waals surface area (Å²) >= 11 is 0. The number of Topliss-reactive ketones (excluding diaryl/α,β-unsaturated/α-hetero) is 1. The van der Waals surface area contributed by atoms with Crippen molar-refractivity contribution >= 4 is 5.78 Å².